The summed E-state index contributed by atoms with van der Waals surface area (Å²) in [6, 6.07) is 9.60. The first kappa shape index (κ1) is 18.1. The molecule has 0 radical (unpaired) electrons. The number of amides is 1. The van der Waals surface area contributed by atoms with Crippen molar-refractivity contribution in [3.63, 3.8) is 0 Å². The van der Waals surface area contributed by atoms with Gasteiger partial charge in [-0.3, -0.25) is 4.79 Å². The van der Waals surface area contributed by atoms with E-state index < -0.39 is 0 Å². The van der Waals surface area contributed by atoms with Crippen LogP contribution in [0.4, 0.5) is 0 Å². The maximum Gasteiger partial charge on any atom is 0.233 e. The quantitative estimate of drug-likeness (QED) is 0.465. The van der Waals surface area contributed by atoms with Gasteiger partial charge in [0.15, 0.2) is 17.6 Å². The number of thiophene rings is 1. The van der Waals surface area contributed by atoms with Crippen LogP contribution in [0.5, 0.6) is 11.5 Å². The van der Waals surface area contributed by atoms with E-state index in [0.29, 0.717) is 25.4 Å². The van der Waals surface area contributed by atoms with E-state index in [-0.39, 0.29) is 12.0 Å². The highest BCUT2D eigenvalue weighted by Crippen LogP contribution is 2.31. The number of carbonyl (C=O) groups is 1. The van der Waals surface area contributed by atoms with E-state index in [4.69, 9.17) is 9.47 Å². The van der Waals surface area contributed by atoms with E-state index in [1.807, 2.05) is 42.6 Å². The molecule has 0 bridgehead atoms. The lowest BCUT2D eigenvalue weighted by molar-refractivity contribution is -0.129. The Bertz CT molecular complexity index is 947. The number of nitrogens with zero attached hydrogens (tertiary/aromatic N) is 3. The number of thioether (sulfide) groups is 1. The van der Waals surface area contributed by atoms with Crippen LogP contribution < -0.4 is 9.47 Å². The van der Waals surface area contributed by atoms with E-state index >= 15 is 0 Å². The van der Waals surface area contributed by atoms with Crippen LogP contribution in [0.25, 0.3) is 10.2 Å². The van der Waals surface area contributed by atoms with Crippen LogP contribution >= 0.6 is 23.1 Å². The molecule has 1 amide bonds. The lowest BCUT2D eigenvalue weighted by Crippen LogP contribution is -2.44. The average molecular weight is 402 g/mol. The van der Waals surface area contributed by atoms with Crippen molar-refractivity contribution in [3.8, 4) is 11.5 Å². The zero-order valence-electron chi connectivity index (χ0n) is 14.8. The number of benzene rings is 1. The fourth-order valence-electron chi connectivity index (χ4n) is 2.91. The first-order valence-electron chi connectivity index (χ1n) is 8.72. The molecule has 2 aromatic heterocycles. The predicted molar refractivity (Wildman–Crippen MR) is 107 cm³/mol. The van der Waals surface area contributed by atoms with Gasteiger partial charge < -0.3 is 14.4 Å². The molecule has 0 unspecified atom stereocenters. The molecule has 6 nitrogen and oxygen atoms in total. The second kappa shape index (κ2) is 8.14. The molecule has 3 aromatic rings. The van der Waals surface area contributed by atoms with Gasteiger partial charge in [0.05, 0.1) is 12.3 Å². The van der Waals surface area contributed by atoms with E-state index in [2.05, 4.69) is 9.97 Å². The van der Waals surface area contributed by atoms with Crippen LogP contribution in [0.3, 0.4) is 0 Å². The molecule has 0 saturated carbocycles. The van der Waals surface area contributed by atoms with Gasteiger partial charge in [0, 0.05) is 11.9 Å². The van der Waals surface area contributed by atoms with Crippen LogP contribution in [0, 0.1) is 0 Å². The zero-order chi connectivity index (χ0) is 18.6. The van der Waals surface area contributed by atoms with Crippen molar-refractivity contribution in [2.24, 2.45) is 0 Å². The number of fused-ring (bicyclic) bond motifs is 2. The normalized spacial score (nSPS) is 15.7. The van der Waals surface area contributed by atoms with Gasteiger partial charge in [0.2, 0.25) is 5.91 Å². The summed E-state index contributed by atoms with van der Waals surface area (Å²) in [4.78, 5) is 24.0. The first-order valence-corrected chi connectivity index (χ1v) is 10.6. The lowest BCUT2D eigenvalue weighted by atomic mass is 10.2. The molecule has 0 saturated heterocycles. The third kappa shape index (κ3) is 4.01. The van der Waals surface area contributed by atoms with Crippen LogP contribution in [-0.4, -0.2) is 52.3 Å². The van der Waals surface area contributed by atoms with Crippen molar-refractivity contribution in [1.29, 1.82) is 0 Å². The maximum atomic E-state index is 12.7. The van der Waals surface area contributed by atoms with Gasteiger partial charge in [-0.15, -0.1) is 11.3 Å². The summed E-state index contributed by atoms with van der Waals surface area (Å²) in [6.45, 7) is 3.54. The van der Waals surface area contributed by atoms with Crippen LogP contribution in [-0.2, 0) is 4.79 Å². The second-order valence-corrected chi connectivity index (χ2v) is 7.90. The van der Waals surface area contributed by atoms with Crippen molar-refractivity contribution in [1.82, 2.24) is 14.9 Å². The zero-order valence-corrected chi connectivity index (χ0v) is 16.5. The number of aromatic nitrogens is 2. The summed E-state index contributed by atoms with van der Waals surface area (Å²) in [6.07, 6.45) is 1.38. The number of hydrogen-bond donors (Lipinski definition) is 0. The van der Waals surface area contributed by atoms with Gasteiger partial charge in [-0.25, -0.2) is 9.97 Å². The fraction of sp³-hybridized carbons (Fsp3) is 0.316. The van der Waals surface area contributed by atoms with E-state index in [9.17, 15) is 4.79 Å². The Hall–Kier alpha value is -2.32. The molecule has 0 aliphatic carbocycles. The summed E-state index contributed by atoms with van der Waals surface area (Å²) in [7, 11) is 0. The van der Waals surface area contributed by atoms with E-state index in [1.54, 1.807) is 22.6 Å². The Labute approximate surface area is 165 Å². The molecule has 3 heterocycles. The molecular formula is C19H19N3O3S2. The molecule has 1 atom stereocenters. The Kier molecular flexibility index (Phi) is 5.45. The summed E-state index contributed by atoms with van der Waals surface area (Å²) < 4.78 is 11.7. The van der Waals surface area contributed by atoms with Crippen LogP contribution in [0.2, 0.25) is 0 Å². The monoisotopic (exact) mass is 401 g/mol. The number of para-hydroxylation sites is 2. The Morgan fingerprint density at radius 3 is 3.00 bits per heavy atom. The van der Waals surface area contributed by atoms with Gasteiger partial charge in [-0.1, -0.05) is 23.9 Å². The smallest absolute Gasteiger partial charge is 0.233 e. The highest BCUT2D eigenvalue weighted by Gasteiger charge is 2.25. The molecule has 1 aliphatic heterocycles. The number of rotatable bonds is 6. The largest absolute Gasteiger partial charge is 0.486 e. The molecule has 0 fully saturated rings. The van der Waals surface area contributed by atoms with Gasteiger partial charge >= 0.3 is 0 Å². The average Bonchev–Trinajstić information content (AvgIpc) is 3.19. The molecule has 1 aliphatic rings. The van der Waals surface area contributed by atoms with Crippen LogP contribution in [0.15, 0.2) is 47.1 Å². The van der Waals surface area contributed by atoms with Crippen molar-refractivity contribution in [3.05, 3.63) is 42.0 Å². The summed E-state index contributed by atoms with van der Waals surface area (Å²) >= 11 is 3.02. The number of carbonyl (C=O) groups excluding carboxylic acids is 1. The van der Waals surface area contributed by atoms with Crippen molar-refractivity contribution < 1.29 is 14.3 Å². The van der Waals surface area contributed by atoms with E-state index in [0.717, 1.165) is 26.7 Å². The third-order valence-electron chi connectivity index (χ3n) is 4.28. The van der Waals surface area contributed by atoms with Crippen molar-refractivity contribution in [2.75, 3.05) is 25.4 Å². The minimum atomic E-state index is -0.170. The second-order valence-electron chi connectivity index (χ2n) is 6.04. The highest BCUT2D eigenvalue weighted by molar-refractivity contribution is 8.00. The molecular weight excluding hydrogens is 382 g/mol. The van der Waals surface area contributed by atoms with Crippen molar-refractivity contribution in [2.45, 2.75) is 18.1 Å². The summed E-state index contributed by atoms with van der Waals surface area (Å²) in [5.41, 5.74) is 0. The predicted octanol–water partition coefficient (Wildman–Crippen LogP) is 3.47. The molecule has 8 heteroatoms. The molecule has 27 heavy (non-hydrogen) atoms. The number of likely N-dealkylation sites (N-methyl/N-ethyl adjacent to an activating group) is 1. The minimum Gasteiger partial charge on any atom is -0.486 e. The number of ether oxygens (including phenoxy) is 2. The Morgan fingerprint density at radius 1 is 1.30 bits per heavy atom. The van der Waals surface area contributed by atoms with E-state index in [1.165, 1.54) is 11.8 Å². The highest BCUT2D eigenvalue weighted by atomic mass is 32.2. The van der Waals surface area contributed by atoms with Gasteiger partial charge in [0.25, 0.3) is 0 Å². The number of hydrogen-bond acceptors (Lipinski definition) is 7. The molecule has 1 aromatic carbocycles. The van der Waals surface area contributed by atoms with Gasteiger partial charge in [-0.2, -0.15) is 0 Å². The molecule has 0 spiro atoms. The standard InChI is InChI=1S/C19H19N3O3S2/c1-2-22(9-13-10-24-15-5-3-4-6-16(15)25-13)17(23)11-27-19-14-7-8-26-18(14)20-12-21-19/h3-8,12-13H,2,9-11H2,1H3/t13-/m1/s1. The molecule has 140 valence electrons. The van der Waals surface area contributed by atoms with Crippen molar-refractivity contribution >= 4 is 39.2 Å². The molecule has 0 N–H and O–H groups in total. The van der Waals surface area contributed by atoms with Gasteiger partial charge in [-0.05, 0) is 30.5 Å². The first-order chi connectivity index (χ1) is 13.2. The minimum absolute atomic E-state index is 0.0620. The van der Waals surface area contributed by atoms with Gasteiger partial charge in [0.1, 0.15) is 22.8 Å². The lowest BCUT2D eigenvalue weighted by Gasteiger charge is -2.30. The third-order valence-corrected chi connectivity index (χ3v) is 6.09. The summed E-state index contributed by atoms with van der Waals surface area (Å²) in [5.74, 6) is 1.88. The molecule has 4 rings (SSSR count). The Morgan fingerprint density at radius 2 is 2.15 bits per heavy atom. The maximum absolute atomic E-state index is 12.7. The summed E-state index contributed by atoms with van der Waals surface area (Å²) in [5, 5.41) is 3.84. The Balaban J connectivity index is 1.36. The SMILES string of the molecule is CCN(C[C@@H]1COc2ccccc2O1)C(=O)CSc1ncnc2sccc12. The van der Waals surface area contributed by atoms with Crippen LogP contribution in [0.1, 0.15) is 6.92 Å². The fourth-order valence-corrected chi connectivity index (χ4v) is 4.59. The topological polar surface area (TPSA) is 64.6 Å².